The van der Waals surface area contributed by atoms with Gasteiger partial charge in [0.2, 0.25) is 4.80 Å². The molecule has 10 heteroatoms. The lowest BCUT2D eigenvalue weighted by Crippen LogP contribution is -2.20. The molecule has 0 fully saturated rings. The van der Waals surface area contributed by atoms with E-state index in [4.69, 9.17) is 10.1 Å². The summed E-state index contributed by atoms with van der Waals surface area (Å²) in [6.07, 6.45) is 5.44. The first-order valence-corrected chi connectivity index (χ1v) is 14.6. The summed E-state index contributed by atoms with van der Waals surface area (Å²) in [6.45, 7) is 3.88. The van der Waals surface area contributed by atoms with Crippen LogP contribution in [0.25, 0.3) is 22.6 Å². The molecule has 0 saturated heterocycles. The molecule has 0 amide bonds. The monoisotopic (exact) mass is 623 g/mol. The first-order valence-electron chi connectivity index (χ1n) is 12.9. The lowest BCUT2D eigenvalue weighted by Gasteiger charge is -2.08. The summed E-state index contributed by atoms with van der Waals surface area (Å²) in [4.78, 5) is 23.2. The summed E-state index contributed by atoms with van der Waals surface area (Å²) < 4.78 is 8.24. The van der Waals surface area contributed by atoms with Crippen molar-refractivity contribution in [2.75, 3.05) is 0 Å². The van der Waals surface area contributed by atoms with Gasteiger partial charge in [-0.25, -0.2) is 19.3 Å². The summed E-state index contributed by atoms with van der Waals surface area (Å²) in [5, 5.41) is 7.05. The Morgan fingerprint density at radius 2 is 1.68 bits per heavy atom. The molecule has 0 atom stereocenters. The Morgan fingerprint density at radius 1 is 0.951 bits per heavy atom. The van der Waals surface area contributed by atoms with Gasteiger partial charge in [-0.15, -0.1) is 11.3 Å². The Labute approximate surface area is 248 Å². The maximum atomic E-state index is 13.6. The quantitative estimate of drug-likeness (QED) is 0.200. The molecule has 0 aliphatic heterocycles. The van der Waals surface area contributed by atoms with Gasteiger partial charge in [-0.05, 0) is 55.8 Å². The number of aromatic nitrogens is 5. The molecular formula is C31H26BrN7OS. The highest BCUT2D eigenvalue weighted by Crippen LogP contribution is 2.24. The van der Waals surface area contributed by atoms with E-state index in [0.29, 0.717) is 10.5 Å². The fraction of sp³-hybridized carbons (Fsp3) is 0.0968. The first-order chi connectivity index (χ1) is 19.9. The molecule has 0 radical (unpaired) electrons. The van der Waals surface area contributed by atoms with Crippen LogP contribution in [-0.2, 0) is 7.05 Å². The van der Waals surface area contributed by atoms with Crippen molar-refractivity contribution in [2.24, 2.45) is 17.1 Å². The van der Waals surface area contributed by atoms with Crippen molar-refractivity contribution in [3.8, 4) is 22.6 Å². The minimum absolute atomic E-state index is 0.183. The molecular weight excluding hydrogens is 598 g/mol. The van der Waals surface area contributed by atoms with Crippen molar-refractivity contribution in [2.45, 2.75) is 13.8 Å². The molecule has 204 valence electrons. The standard InChI is InChI=1S/C31H26BrN7OS/c1-21(23-11-15-26(16-12-23)37-18-17-33-20-37)35-38-28(24-9-13-25(32)14-10-24)19-41-31(38)34-29-22(2)36(3)39(30(29)40)27-7-5-4-6-8-27/h4-20H,1-3H3. The first kappa shape index (κ1) is 26.7. The van der Waals surface area contributed by atoms with Crippen molar-refractivity contribution < 1.29 is 0 Å². The van der Waals surface area contributed by atoms with E-state index in [0.717, 1.165) is 44.1 Å². The number of hydrogen-bond acceptors (Lipinski definition) is 5. The van der Waals surface area contributed by atoms with Crippen LogP contribution in [0.1, 0.15) is 18.2 Å². The SMILES string of the molecule is CC(=Nn1c(-c2ccc(Br)cc2)csc1=Nc1c(C)n(C)n(-c2ccccc2)c1=O)c1ccc(-n2ccnc2)cc1. The Hall–Kier alpha value is -4.54. The zero-order valence-electron chi connectivity index (χ0n) is 22.6. The predicted molar refractivity (Wildman–Crippen MR) is 168 cm³/mol. The zero-order chi connectivity index (χ0) is 28.5. The number of rotatable bonds is 6. The normalized spacial score (nSPS) is 12.3. The molecule has 0 saturated carbocycles. The van der Waals surface area contributed by atoms with E-state index in [1.807, 2.05) is 125 Å². The largest absolute Gasteiger partial charge is 0.306 e. The van der Waals surface area contributed by atoms with E-state index in [1.165, 1.54) is 11.3 Å². The van der Waals surface area contributed by atoms with Gasteiger partial charge in [0.15, 0.2) is 5.69 Å². The molecule has 6 aromatic rings. The van der Waals surface area contributed by atoms with Crippen molar-refractivity contribution >= 4 is 38.7 Å². The number of benzene rings is 3. The Morgan fingerprint density at radius 3 is 2.37 bits per heavy atom. The van der Waals surface area contributed by atoms with E-state index < -0.39 is 0 Å². The van der Waals surface area contributed by atoms with E-state index >= 15 is 0 Å². The second-order valence-electron chi connectivity index (χ2n) is 9.45. The number of thiazole rings is 1. The fourth-order valence-corrected chi connectivity index (χ4v) is 5.67. The van der Waals surface area contributed by atoms with Gasteiger partial charge in [0.1, 0.15) is 0 Å². The van der Waals surface area contributed by atoms with E-state index in [1.54, 1.807) is 17.2 Å². The van der Waals surface area contributed by atoms with Gasteiger partial charge in [-0.2, -0.15) is 5.10 Å². The minimum atomic E-state index is -0.183. The van der Waals surface area contributed by atoms with Crippen molar-refractivity contribution in [1.29, 1.82) is 0 Å². The summed E-state index contributed by atoms with van der Waals surface area (Å²) in [5.41, 5.74) is 6.42. The summed E-state index contributed by atoms with van der Waals surface area (Å²) in [7, 11) is 1.87. The molecule has 0 unspecified atom stereocenters. The van der Waals surface area contributed by atoms with Gasteiger partial charge < -0.3 is 4.57 Å². The lowest BCUT2D eigenvalue weighted by molar-refractivity contribution is 0.630. The number of imidazole rings is 1. The van der Waals surface area contributed by atoms with Gasteiger partial charge >= 0.3 is 0 Å². The molecule has 6 rings (SSSR count). The lowest BCUT2D eigenvalue weighted by atomic mass is 10.1. The number of hydrogen-bond donors (Lipinski definition) is 0. The molecule has 0 spiro atoms. The van der Waals surface area contributed by atoms with Gasteiger partial charge in [0.25, 0.3) is 5.56 Å². The molecule has 41 heavy (non-hydrogen) atoms. The van der Waals surface area contributed by atoms with Crippen LogP contribution in [-0.4, -0.2) is 29.3 Å². The Bertz CT molecular complexity index is 1980. The van der Waals surface area contributed by atoms with Gasteiger partial charge in [-0.3, -0.25) is 9.48 Å². The van der Waals surface area contributed by atoms with Gasteiger partial charge in [0.05, 0.1) is 29.1 Å². The van der Waals surface area contributed by atoms with Crippen LogP contribution in [0.3, 0.4) is 0 Å². The zero-order valence-corrected chi connectivity index (χ0v) is 25.0. The summed E-state index contributed by atoms with van der Waals surface area (Å²) in [5.74, 6) is 0. The smallest absolute Gasteiger partial charge is 0.297 e. The van der Waals surface area contributed by atoms with Gasteiger partial charge in [-0.1, -0.05) is 58.4 Å². The van der Waals surface area contributed by atoms with E-state index in [9.17, 15) is 4.79 Å². The minimum Gasteiger partial charge on any atom is -0.306 e. The Balaban J connectivity index is 1.49. The third-order valence-corrected chi connectivity index (χ3v) is 8.24. The molecule has 0 aliphatic rings. The maximum Gasteiger partial charge on any atom is 0.297 e. The predicted octanol–water partition coefficient (Wildman–Crippen LogP) is 6.47. The average molecular weight is 625 g/mol. The number of para-hydroxylation sites is 1. The molecule has 0 N–H and O–H groups in total. The topological polar surface area (TPSA) is 74.4 Å². The van der Waals surface area contributed by atoms with Crippen LogP contribution in [0, 0.1) is 6.92 Å². The maximum absolute atomic E-state index is 13.6. The third-order valence-electron chi connectivity index (χ3n) is 6.89. The van der Waals surface area contributed by atoms with Crippen LogP contribution in [0.15, 0.2) is 122 Å². The molecule has 3 aromatic heterocycles. The van der Waals surface area contributed by atoms with E-state index in [2.05, 4.69) is 20.9 Å². The van der Waals surface area contributed by atoms with Crippen molar-refractivity contribution in [1.82, 2.24) is 23.6 Å². The summed E-state index contributed by atoms with van der Waals surface area (Å²) >= 11 is 4.97. The molecule has 0 bridgehead atoms. The van der Waals surface area contributed by atoms with Crippen molar-refractivity contribution in [3.63, 3.8) is 0 Å². The Kier molecular flexibility index (Phi) is 7.25. The number of nitrogens with zero attached hydrogens (tertiary/aromatic N) is 7. The fourth-order valence-electron chi connectivity index (χ4n) is 4.57. The third kappa shape index (κ3) is 5.19. The molecule has 3 heterocycles. The summed E-state index contributed by atoms with van der Waals surface area (Å²) in [6, 6.07) is 25.8. The van der Waals surface area contributed by atoms with Crippen LogP contribution in [0.2, 0.25) is 0 Å². The highest BCUT2D eigenvalue weighted by atomic mass is 79.9. The molecule has 0 aliphatic carbocycles. The molecule has 3 aromatic carbocycles. The van der Waals surface area contributed by atoms with Crippen LogP contribution < -0.4 is 10.4 Å². The number of halogens is 1. The second-order valence-corrected chi connectivity index (χ2v) is 11.2. The molecule has 8 nitrogen and oxygen atoms in total. The van der Waals surface area contributed by atoms with E-state index in [-0.39, 0.29) is 5.56 Å². The van der Waals surface area contributed by atoms with Gasteiger partial charge in [0, 0.05) is 40.5 Å². The van der Waals surface area contributed by atoms with Crippen molar-refractivity contribution in [3.05, 3.63) is 134 Å². The average Bonchev–Trinajstić information content (AvgIpc) is 3.71. The highest BCUT2D eigenvalue weighted by molar-refractivity contribution is 9.10. The van der Waals surface area contributed by atoms with Crippen LogP contribution in [0.4, 0.5) is 5.69 Å². The second kappa shape index (κ2) is 11.1. The van der Waals surface area contributed by atoms with Crippen LogP contribution >= 0.6 is 27.3 Å². The highest BCUT2D eigenvalue weighted by Gasteiger charge is 2.17. The van der Waals surface area contributed by atoms with Crippen LogP contribution in [0.5, 0.6) is 0 Å².